The largest absolute Gasteiger partial charge is 0.378 e. The number of nitriles is 1. The van der Waals surface area contributed by atoms with E-state index in [4.69, 9.17) is 5.26 Å². The fourth-order valence-corrected chi connectivity index (χ4v) is 2.41. The summed E-state index contributed by atoms with van der Waals surface area (Å²) in [5.41, 5.74) is 2.11. The van der Waals surface area contributed by atoms with Gasteiger partial charge in [-0.2, -0.15) is 5.26 Å². The number of thiazole rings is 1. The smallest absolute Gasteiger partial charge is 0.304 e. The molecule has 0 saturated carbocycles. The number of hydrogen-bond donors (Lipinski definition) is 2. The molecule has 4 nitrogen and oxygen atoms in total. The fourth-order valence-electron chi connectivity index (χ4n) is 1.38. The first-order valence-corrected chi connectivity index (χ1v) is 6.47. The van der Waals surface area contributed by atoms with Gasteiger partial charge in [0.15, 0.2) is 0 Å². The Morgan fingerprint density at radius 2 is 2.35 bits per heavy atom. The quantitative estimate of drug-likeness (QED) is 0.916. The minimum Gasteiger partial charge on any atom is -0.378 e. The maximum Gasteiger partial charge on any atom is 0.304 e. The zero-order valence-electron chi connectivity index (χ0n) is 8.66. The molecule has 2 N–H and O–H groups in total. The molecular weight excluding hydrogens is 302 g/mol. The van der Waals surface area contributed by atoms with Crippen molar-refractivity contribution in [1.29, 1.82) is 5.26 Å². The van der Waals surface area contributed by atoms with E-state index in [0.717, 1.165) is 27.2 Å². The van der Waals surface area contributed by atoms with Crippen molar-refractivity contribution in [3.8, 4) is 6.07 Å². The van der Waals surface area contributed by atoms with Gasteiger partial charge in [0.2, 0.25) is 0 Å². The highest BCUT2D eigenvalue weighted by atomic mass is 79.9. The van der Waals surface area contributed by atoms with Crippen LogP contribution >= 0.6 is 27.3 Å². The summed E-state index contributed by atoms with van der Waals surface area (Å²) in [4.78, 5) is 13.6. The van der Waals surface area contributed by atoms with Crippen LogP contribution in [0.1, 0.15) is 11.3 Å². The predicted octanol–water partition coefficient (Wildman–Crippen LogP) is 2.68. The lowest BCUT2D eigenvalue weighted by atomic mass is 10.2. The van der Waals surface area contributed by atoms with Crippen LogP contribution in [0.2, 0.25) is 0 Å². The Morgan fingerprint density at radius 1 is 1.53 bits per heavy atom. The monoisotopic (exact) mass is 309 g/mol. The second-order valence-electron chi connectivity index (χ2n) is 3.30. The molecule has 0 unspecified atom stereocenters. The third kappa shape index (κ3) is 2.75. The second kappa shape index (κ2) is 5.17. The SMILES string of the molecule is N#Cc1c(Br)cccc1NCc1csc(=O)[nH]1. The Kier molecular flexibility index (Phi) is 3.61. The van der Waals surface area contributed by atoms with Gasteiger partial charge in [-0.1, -0.05) is 17.4 Å². The molecule has 1 heterocycles. The van der Waals surface area contributed by atoms with Crippen LogP contribution in [-0.2, 0) is 6.54 Å². The van der Waals surface area contributed by atoms with E-state index >= 15 is 0 Å². The standard InChI is InChI=1S/C11H8BrN3OS/c12-9-2-1-3-10(8(9)4-13)14-5-7-6-17-11(16)15-7/h1-3,6,14H,5H2,(H,15,16). The minimum absolute atomic E-state index is 0.0726. The molecule has 2 aromatic rings. The van der Waals surface area contributed by atoms with Gasteiger partial charge in [-0.05, 0) is 28.1 Å². The average molecular weight is 310 g/mol. The maximum absolute atomic E-state index is 11.0. The summed E-state index contributed by atoms with van der Waals surface area (Å²) in [5.74, 6) is 0. The molecule has 0 fully saturated rings. The molecular formula is C11H8BrN3OS. The van der Waals surface area contributed by atoms with Gasteiger partial charge in [0.1, 0.15) is 6.07 Å². The normalized spacial score (nSPS) is 9.88. The van der Waals surface area contributed by atoms with Gasteiger partial charge in [-0.3, -0.25) is 4.79 Å². The summed E-state index contributed by atoms with van der Waals surface area (Å²) < 4.78 is 0.754. The van der Waals surface area contributed by atoms with Crippen molar-refractivity contribution in [1.82, 2.24) is 4.98 Å². The summed E-state index contributed by atoms with van der Waals surface area (Å²) >= 11 is 4.45. The lowest BCUT2D eigenvalue weighted by Crippen LogP contribution is -2.04. The summed E-state index contributed by atoms with van der Waals surface area (Å²) in [7, 11) is 0. The third-order valence-electron chi connectivity index (χ3n) is 2.17. The highest BCUT2D eigenvalue weighted by molar-refractivity contribution is 9.10. The molecule has 0 atom stereocenters. The Bertz CT molecular complexity index is 626. The Balaban J connectivity index is 2.17. The van der Waals surface area contributed by atoms with Crippen molar-refractivity contribution in [2.45, 2.75) is 6.54 Å². The number of aromatic amines is 1. The molecule has 2 rings (SSSR count). The molecule has 17 heavy (non-hydrogen) atoms. The first-order chi connectivity index (χ1) is 8.20. The molecule has 0 aliphatic rings. The number of nitrogens with zero attached hydrogens (tertiary/aromatic N) is 1. The van der Waals surface area contributed by atoms with Crippen molar-refractivity contribution in [3.05, 3.63) is 49.0 Å². The Labute approximate surface area is 110 Å². The van der Waals surface area contributed by atoms with E-state index in [9.17, 15) is 4.79 Å². The summed E-state index contributed by atoms with van der Waals surface area (Å²) in [5, 5.41) is 13.9. The molecule has 0 aliphatic carbocycles. The van der Waals surface area contributed by atoms with Crippen molar-refractivity contribution < 1.29 is 0 Å². The summed E-state index contributed by atoms with van der Waals surface area (Å²) in [6.45, 7) is 0.490. The molecule has 0 aliphatic heterocycles. The first-order valence-electron chi connectivity index (χ1n) is 4.80. The molecule has 0 saturated heterocycles. The van der Waals surface area contributed by atoms with E-state index in [1.54, 1.807) is 5.38 Å². The number of aromatic nitrogens is 1. The highest BCUT2D eigenvalue weighted by Gasteiger charge is 2.05. The molecule has 86 valence electrons. The Morgan fingerprint density at radius 3 is 3.00 bits per heavy atom. The van der Waals surface area contributed by atoms with E-state index in [1.165, 1.54) is 0 Å². The minimum atomic E-state index is -0.0726. The zero-order valence-corrected chi connectivity index (χ0v) is 11.1. The predicted molar refractivity (Wildman–Crippen MR) is 71.1 cm³/mol. The summed E-state index contributed by atoms with van der Waals surface area (Å²) in [6, 6.07) is 7.62. The van der Waals surface area contributed by atoms with Crippen molar-refractivity contribution >= 4 is 33.0 Å². The van der Waals surface area contributed by atoms with Crippen LogP contribution < -0.4 is 10.2 Å². The second-order valence-corrected chi connectivity index (χ2v) is 5.00. The van der Waals surface area contributed by atoms with Crippen molar-refractivity contribution in [3.63, 3.8) is 0 Å². The van der Waals surface area contributed by atoms with E-state index in [0.29, 0.717) is 12.1 Å². The maximum atomic E-state index is 11.0. The summed E-state index contributed by atoms with van der Waals surface area (Å²) in [6.07, 6.45) is 0. The Hall–Kier alpha value is -1.58. The number of halogens is 1. The van der Waals surface area contributed by atoms with Crippen molar-refractivity contribution in [2.24, 2.45) is 0 Å². The molecule has 0 bridgehead atoms. The van der Waals surface area contributed by atoms with Crippen LogP contribution in [0.25, 0.3) is 0 Å². The molecule has 1 aromatic heterocycles. The molecule has 1 aromatic carbocycles. The van der Waals surface area contributed by atoms with Crippen molar-refractivity contribution in [2.75, 3.05) is 5.32 Å². The lowest BCUT2D eigenvalue weighted by molar-refractivity contribution is 1.06. The lowest BCUT2D eigenvalue weighted by Gasteiger charge is -2.07. The van der Waals surface area contributed by atoms with Crippen LogP contribution in [0, 0.1) is 11.3 Å². The number of rotatable bonds is 3. The van der Waals surface area contributed by atoms with Gasteiger partial charge in [-0.25, -0.2) is 0 Å². The third-order valence-corrected chi connectivity index (χ3v) is 3.54. The topological polar surface area (TPSA) is 68.7 Å². The number of H-pyrrole nitrogens is 1. The molecule has 0 radical (unpaired) electrons. The van der Waals surface area contributed by atoms with E-state index < -0.39 is 0 Å². The van der Waals surface area contributed by atoms with Crippen LogP contribution in [0.5, 0.6) is 0 Å². The van der Waals surface area contributed by atoms with Crippen LogP contribution in [0.15, 0.2) is 32.8 Å². The fraction of sp³-hybridized carbons (Fsp3) is 0.0909. The van der Waals surface area contributed by atoms with Gasteiger partial charge in [0.25, 0.3) is 0 Å². The first kappa shape index (κ1) is 11.9. The van der Waals surface area contributed by atoms with Gasteiger partial charge < -0.3 is 10.3 Å². The number of hydrogen-bond acceptors (Lipinski definition) is 4. The van der Waals surface area contributed by atoms with E-state index in [-0.39, 0.29) is 4.87 Å². The van der Waals surface area contributed by atoms with Gasteiger partial charge >= 0.3 is 4.87 Å². The van der Waals surface area contributed by atoms with Crippen LogP contribution in [0.3, 0.4) is 0 Å². The molecule has 0 amide bonds. The number of anilines is 1. The van der Waals surface area contributed by atoms with Gasteiger partial charge in [0.05, 0.1) is 17.8 Å². The molecule has 6 heteroatoms. The molecule has 0 spiro atoms. The van der Waals surface area contributed by atoms with E-state index in [2.05, 4.69) is 32.3 Å². The van der Waals surface area contributed by atoms with Gasteiger partial charge in [0, 0.05) is 15.5 Å². The number of nitrogens with one attached hydrogen (secondary N) is 2. The average Bonchev–Trinajstić information content (AvgIpc) is 2.72. The van der Waals surface area contributed by atoms with Crippen LogP contribution in [0.4, 0.5) is 5.69 Å². The van der Waals surface area contributed by atoms with E-state index in [1.807, 2.05) is 18.2 Å². The number of benzene rings is 1. The van der Waals surface area contributed by atoms with Crippen LogP contribution in [-0.4, -0.2) is 4.98 Å². The van der Waals surface area contributed by atoms with Gasteiger partial charge in [-0.15, -0.1) is 0 Å². The highest BCUT2D eigenvalue weighted by Crippen LogP contribution is 2.24. The zero-order chi connectivity index (χ0) is 12.3.